The number of benzene rings is 4. The zero-order valence-corrected chi connectivity index (χ0v) is 25.0. The monoisotopic (exact) mass is 620 g/mol. The second kappa shape index (κ2) is 12.9. The molecule has 6 aromatic rings. The van der Waals surface area contributed by atoms with Crippen LogP contribution >= 0.6 is 11.6 Å². The molecule has 0 spiro atoms. The first-order chi connectivity index (χ1) is 22.1. The summed E-state index contributed by atoms with van der Waals surface area (Å²) in [6.07, 6.45) is -1.57. The molecule has 1 fully saturated rings. The van der Waals surface area contributed by atoms with Gasteiger partial charge >= 0.3 is 0 Å². The van der Waals surface area contributed by atoms with Crippen LogP contribution in [0.2, 0.25) is 5.15 Å². The van der Waals surface area contributed by atoms with Crippen molar-refractivity contribution in [2.75, 3.05) is 6.61 Å². The Hall–Kier alpha value is -4.47. The number of hydrogen-bond acceptors (Lipinski definition) is 6. The van der Waals surface area contributed by atoms with Crippen LogP contribution in [-0.4, -0.2) is 44.5 Å². The van der Waals surface area contributed by atoms with Crippen LogP contribution in [0.4, 0.5) is 4.39 Å². The summed E-state index contributed by atoms with van der Waals surface area (Å²) in [6.45, 7) is 0.232. The molecule has 7 nitrogen and oxygen atoms in total. The summed E-state index contributed by atoms with van der Waals surface area (Å²) in [4.78, 5) is 12.6. The quantitative estimate of drug-likeness (QED) is 0.118. The van der Waals surface area contributed by atoms with Crippen molar-refractivity contribution in [1.82, 2.24) is 19.5 Å². The van der Waals surface area contributed by atoms with Crippen LogP contribution in [-0.2, 0) is 26.4 Å². The highest BCUT2D eigenvalue weighted by Gasteiger charge is 2.49. The molecular weight excluding hydrogens is 591 g/mol. The third-order valence-corrected chi connectivity index (χ3v) is 8.42. The zero-order chi connectivity index (χ0) is 30.6. The van der Waals surface area contributed by atoms with Crippen molar-refractivity contribution in [2.24, 2.45) is 0 Å². The van der Waals surface area contributed by atoms with Gasteiger partial charge in [0.1, 0.15) is 29.7 Å². The minimum absolute atomic E-state index is 0.0252. The van der Waals surface area contributed by atoms with E-state index in [2.05, 4.69) is 15.0 Å². The summed E-state index contributed by atoms with van der Waals surface area (Å²) in [7, 11) is 0. The molecule has 4 atom stereocenters. The van der Waals surface area contributed by atoms with E-state index in [1.165, 1.54) is 12.7 Å². The lowest BCUT2D eigenvalue weighted by atomic mass is 9.80. The summed E-state index contributed by atoms with van der Waals surface area (Å²) < 4.78 is 37.9. The second-order valence-corrected chi connectivity index (χ2v) is 11.2. The first kappa shape index (κ1) is 29.3. The second-order valence-electron chi connectivity index (χ2n) is 10.8. The van der Waals surface area contributed by atoms with E-state index in [-0.39, 0.29) is 18.4 Å². The van der Waals surface area contributed by atoms with Gasteiger partial charge in [-0.2, -0.15) is 0 Å². The largest absolute Gasteiger partial charge is 0.368 e. The fourth-order valence-electron chi connectivity index (χ4n) is 6.00. The minimum Gasteiger partial charge on any atom is -0.368 e. The van der Waals surface area contributed by atoms with Gasteiger partial charge < -0.3 is 14.2 Å². The van der Waals surface area contributed by atoms with E-state index in [1.54, 1.807) is 4.57 Å². The van der Waals surface area contributed by atoms with E-state index >= 15 is 4.39 Å². The Kier molecular flexibility index (Phi) is 8.37. The first-order valence-electron chi connectivity index (χ1n) is 14.7. The average Bonchev–Trinajstić information content (AvgIpc) is 3.67. The lowest BCUT2D eigenvalue weighted by Crippen LogP contribution is -2.40. The van der Waals surface area contributed by atoms with Gasteiger partial charge in [0.15, 0.2) is 23.2 Å². The van der Waals surface area contributed by atoms with E-state index in [4.69, 9.17) is 25.8 Å². The third-order valence-electron chi connectivity index (χ3n) is 8.15. The number of alkyl halides is 1. The number of hydrogen-bond donors (Lipinski definition) is 0. The van der Waals surface area contributed by atoms with Crippen LogP contribution in [0.25, 0.3) is 11.2 Å². The summed E-state index contributed by atoms with van der Waals surface area (Å²) in [5.74, 6) is 0. The van der Waals surface area contributed by atoms with Gasteiger partial charge in [-0.05, 0) is 22.3 Å². The molecule has 7 rings (SSSR count). The maximum atomic E-state index is 16.6. The molecule has 9 heteroatoms. The fourth-order valence-corrected chi connectivity index (χ4v) is 6.18. The van der Waals surface area contributed by atoms with Crippen molar-refractivity contribution in [1.29, 1.82) is 0 Å². The van der Waals surface area contributed by atoms with Gasteiger partial charge in [0.25, 0.3) is 0 Å². The average molecular weight is 621 g/mol. The Morgan fingerprint density at radius 1 is 0.756 bits per heavy atom. The molecule has 1 saturated heterocycles. The highest BCUT2D eigenvalue weighted by molar-refractivity contribution is 6.33. The lowest BCUT2D eigenvalue weighted by molar-refractivity contribution is -0.105. The Labute approximate surface area is 265 Å². The first-order valence-corrected chi connectivity index (χ1v) is 15.1. The molecule has 4 unspecified atom stereocenters. The molecule has 0 aliphatic carbocycles. The zero-order valence-electron chi connectivity index (χ0n) is 24.2. The van der Waals surface area contributed by atoms with Crippen LogP contribution in [0.15, 0.2) is 134 Å². The van der Waals surface area contributed by atoms with Crippen LogP contribution < -0.4 is 0 Å². The van der Waals surface area contributed by atoms with Gasteiger partial charge in [-0.25, -0.2) is 19.3 Å². The summed E-state index contributed by atoms with van der Waals surface area (Å²) in [6, 6.07) is 39.8. The number of rotatable bonds is 10. The predicted octanol–water partition coefficient (Wildman–Crippen LogP) is 7.31. The van der Waals surface area contributed by atoms with Crippen molar-refractivity contribution >= 4 is 22.8 Å². The van der Waals surface area contributed by atoms with Gasteiger partial charge in [-0.15, -0.1) is 0 Å². The van der Waals surface area contributed by atoms with Gasteiger partial charge in [0.2, 0.25) is 0 Å². The van der Waals surface area contributed by atoms with E-state index in [9.17, 15) is 0 Å². The Bertz CT molecular complexity index is 1750. The van der Waals surface area contributed by atoms with Crippen LogP contribution in [0.5, 0.6) is 0 Å². The summed E-state index contributed by atoms with van der Waals surface area (Å²) in [5.41, 5.74) is 3.45. The maximum Gasteiger partial charge on any atom is 0.174 e. The number of aromatic nitrogens is 4. The van der Waals surface area contributed by atoms with Gasteiger partial charge in [-0.3, -0.25) is 4.57 Å². The molecule has 3 heterocycles. The standard InChI is InChI=1S/C36H30ClFN4O3/c37-33-31-34(40-23-39-33)42(24-41-31)35-30(38)32(43-21-25-13-5-1-6-14-25)29(45-35)22-44-36(26-15-7-2-8-16-26,27-17-9-3-10-18-27)28-19-11-4-12-20-28/h1-20,23-24,29-30,32,35H,21-22H2. The molecule has 0 N–H and O–H groups in total. The highest BCUT2D eigenvalue weighted by Crippen LogP contribution is 2.43. The van der Waals surface area contributed by atoms with Crippen molar-refractivity contribution in [3.05, 3.63) is 161 Å². The molecule has 0 saturated carbocycles. The Morgan fingerprint density at radius 2 is 1.31 bits per heavy atom. The van der Waals surface area contributed by atoms with E-state index < -0.39 is 30.2 Å². The molecule has 1 aliphatic heterocycles. The molecule has 45 heavy (non-hydrogen) atoms. The molecule has 1 aliphatic rings. The normalized spacial score (nSPS) is 20.0. The van der Waals surface area contributed by atoms with Gasteiger partial charge in [0, 0.05) is 0 Å². The number of nitrogens with zero attached hydrogens (tertiary/aromatic N) is 4. The molecule has 0 bridgehead atoms. The van der Waals surface area contributed by atoms with E-state index in [1.807, 2.05) is 121 Å². The van der Waals surface area contributed by atoms with Crippen molar-refractivity contribution < 1.29 is 18.6 Å². The van der Waals surface area contributed by atoms with Crippen molar-refractivity contribution in [3.8, 4) is 0 Å². The molecule has 0 radical (unpaired) electrons. The number of ether oxygens (including phenoxy) is 3. The highest BCUT2D eigenvalue weighted by atomic mass is 35.5. The predicted molar refractivity (Wildman–Crippen MR) is 169 cm³/mol. The molecule has 4 aromatic carbocycles. The summed E-state index contributed by atoms with van der Waals surface area (Å²) in [5, 5.41) is 0.183. The van der Waals surface area contributed by atoms with Crippen LogP contribution in [0, 0.1) is 0 Å². The number of imidazole rings is 1. The van der Waals surface area contributed by atoms with Crippen molar-refractivity contribution in [2.45, 2.75) is 36.8 Å². The number of halogens is 2. The van der Waals surface area contributed by atoms with Crippen molar-refractivity contribution in [3.63, 3.8) is 0 Å². The van der Waals surface area contributed by atoms with E-state index in [0.29, 0.717) is 11.2 Å². The van der Waals surface area contributed by atoms with Gasteiger partial charge in [-0.1, -0.05) is 133 Å². The summed E-state index contributed by atoms with van der Waals surface area (Å²) >= 11 is 6.26. The van der Waals surface area contributed by atoms with Gasteiger partial charge in [0.05, 0.1) is 19.5 Å². The minimum atomic E-state index is -1.56. The molecular formula is C36H30ClFN4O3. The molecule has 0 amide bonds. The Balaban J connectivity index is 1.27. The fraction of sp³-hybridized carbons (Fsp3) is 0.194. The van der Waals surface area contributed by atoms with Crippen LogP contribution in [0.3, 0.4) is 0 Å². The Morgan fingerprint density at radius 3 is 1.89 bits per heavy atom. The molecule has 2 aromatic heterocycles. The molecule has 226 valence electrons. The third kappa shape index (κ3) is 5.62. The van der Waals surface area contributed by atoms with Crippen LogP contribution in [0.1, 0.15) is 28.5 Å². The number of fused-ring (bicyclic) bond motifs is 1. The van der Waals surface area contributed by atoms with E-state index in [0.717, 1.165) is 22.3 Å². The maximum absolute atomic E-state index is 16.6. The topological polar surface area (TPSA) is 71.3 Å². The lowest BCUT2D eigenvalue weighted by Gasteiger charge is -2.37. The SMILES string of the molecule is FC1C(OCc2ccccc2)C(COC(c2ccccc2)(c2ccccc2)c2ccccc2)OC1n1cnc2c(Cl)ncnc21. The smallest absolute Gasteiger partial charge is 0.174 e.